The van der Waals surface area contributed by atoms with Crippen LogP contribution in [0.25, 0.3) is 0 Å². The molecular weight excluding hydrogens is 666 g/mol. The zero-order chi connectivity index (χ0) is 39.0. The van der Waals surface area contributed by atoms with Crippen molar-refractivity contribution in [3.63, 3.8) is 0 Å². The van der Waals surface area contributed by atoms with E-state index in [4.69, 9.17) is 28.4 Å². The van der Waals surface area contributed by atoms with Gasteiger partial charge in [-0.25, -0.2) is 0 Å². The van der Waals surface area contributed by atoms with Crippen molar-refractivity contribution in [2.45, 2.75) is 179 Å². The lowest BCUT2D eigenvalue weighted by Gasteiger charge is -2.49. The molecule has 0 aromatic heterocycles. The highest BCUT2D eigenvalue weighted by Gasteiger charge is 2.53. The SMILES string of the molecule is CCC1OC(=O)C(C)C(OC2C[C@@](C)(OC)C(O)C(C)O2)C(C)C(OC2OC(C)CC(N(C)C)C2O)[C@@](C)(O)CC(C)C(=O)C(C)C(O)[C@]1(C)O. The van der Waals surface area contributed by atoms with Gasteiger partial charge in [0.1, 0.15) is 29.7 Å². The number of hydrogen-bond donors (Lipinski definition) is 5. The molecule has 0 amide bonds. The van der Waals surface area contributed by atoms with Crippen LogP contribution in [0, 0.1) is 23.7 Å². The van der Waals surface area contributed by atoms with E-state index in [9.17, 15) is 35.1 Å². The summed E-state index contributed by atoms with van der Waals surface area (Å²) in [6.07, 6.45) is -9.71. The Bertz CT molecular complexity index is 1170. The smallest absolute Gasteiger partial charge is 0.311 e. The summed E-state index contributed by atoms with van der Waals surface area (Å²) >= 11 is 0. The van der Waals surface area contributed by atoms with Crippen molar-refractivity contribution in [3.8, 4) is 0 Å². The van der Waals surface area contributed by atoms with Crippen molar-refractivity contribution < 1.29 is 63.5 Å². The minimum Gasteiger partial charge on any atom is -0.459 e. The number of likely N-dealkylation sites (N-methyl/N-ethyl adjacent to an activating group) is 1. The van der Waals surface area contributed by atoms with Crippen molar-refractivity contribution in [1.82, 2.24) is 4.90 Å². The summed E-state index contributed by atoms with van der Waals surface area (Å²) in [6, 6.07) is -0.324. The van der Waals surface area contributed by atoms with Crippen LogP contribution in [0.1, 0.15) is 94.9 Å². The van der Waals surface area contributed by atoms with Crippen LogP contribution in [0.3, 0.4) is 0 Å². The Kier molecular flexibility index (Phi) is 14.7. The van der Waals surface area contributed by atoms with E-state index in [1.54, 1.807) is 41.5 Å². The number of nitrogens with zero attached hydrogens (tertiary/aromatic N) is 1. The fourth-order valence-corrected chi connectivity index (χ4v) is 8.41. The quantitative estimate of drug-likeness (QED) is 0.238. The molecule has 3 rings (SSSR count). The van der Waals surface area contributed by atoms with Crippen molar-refractivity contribution in [3.05, 3.63) is 0 Å². The van der Waals surface area contributed by atoms with Crippen LogP contribution in [0.2, 0.25) is 0 Å². The molecule has 0 radical (unpaired) electrons. The topological polar surface area (TPSA) is 194 Å². The first-order valence-corrected chi connectivity index (χ1v) is 18.5. The van der Waals surface area contributed by atoms with Crippen LogP contribution in [-0.4, -0.2) is 148 Å². The summed E-state index contributed by atoms with van der Waals surface area (Å²) in [5, 5.41) is 57.6. The van der Waals surface area contributed by atoms with Gasteiger partial charge in [0, 0.05) is 37.3 Å². The minimum atomic E-state index is -1.99. The fourth-order valence-electron chi connectivity index (χ4n) is 8.41. The van der Waals surface area contributed by atoms with E-state index in [1.165, 1.54) is 27.9 Å². The van der Waals surface area contributed by atoms with Gasteiger partial charge in [-0.1, -0.05) is 27.7 Å². The molecule has 3 aliphatic rings. The summed E-state index contributed by atoms with van der Waals surface area (Å²) in [4.78, 5) is 29.8. The highest BCUT2D eigenvalue weighted by atomic mass is 16.7. The molecule has 0 aromatic carbocycles. The van der Waals surface area contributed by atoms with Crippen molar-refractivity contribution in [1.29, 1.82) is 0 Å². The van der Waals surface area contributed by atoms with E-state index in [2.05, 4.69) is 0 Å². The lowest BCUT2D eigenvalue weighted by Crippen LogP contribution is -2.61. The number of aliphatic hydroxyl groups is 5. The predicted molar refractivity (Wildman–Crippen MR) is 186 cm³/mol. The third kappa shape index (κ3) is 9.51. The Balaban J connectivity index is 2.18. The van der Waals surface area contributed by atoms with Gasteiger partial charge >= 0.3 is 5.97 Å². The van der Waals surface area contributed by atoms with Crippen LogP contribution in [0.4, 0.5) is 0 Å². The first kappa shape index (κ1) is 44.1. The van der Waals surface area contributed by atoms with E-state index in [1.807, 2.05) is 25.9 Å². The van der Waals surface area contributed by atoms with Crippen LogP contribution in [0.15, 0.2) is 0 Å². The maximum absolute atomic E-state index is 14.1. The molecule has 0 saturated carbocycles. The number of Topliss-reactive ketones (excluding diaryl/α,β-unsaturated/α-hetero) is 1. The third-order valence-corrected chi connectivity index (χ3v) is 11.8. The number of ketones is 1. The molecule has 3 saturated heterocycles. The summed E-state index contributed by atoms with van der Waals surface area (Å²) < 4.78 is 37.1. The van der Waals surface area contributed by atoms with E-state index in [0.29, 0.717) is 6.42 Å². The number of rotatable bonds is 7. The lowest BCUT2D eigenvalue weighted by molar-refractivity contribution is -0.318. The Labute approximate surface area is 304 Å². The minimum absolute atomic E-state index is 0.0936. The van der Waals surface area contributed by atoms with Gasteiger partial charge in [-0.2, -0.15) is 0 Å². The van der Waals surface area contributed by atoms with Crippen LogP contribution in [0.5, 0.6) is 0 Å². The molecular formula is C37H67NO13. The standard InChI is InChI=1S/C37H67NO13/c1-14-25-37(10,45)30(41)20(4)27(39)18(2)16-35(8,44)32(51-34-28(40)24(38(11)12)15-19(3)47-34)21(5)29(22(6)33(43)49-25)50-26-17-36(9,46-13)31(42)23(7)48-26/h18-26,28-32,34,40-42,44-45H,14-17H2,1-13H3/t18?,19?,20?,21?,22?,23?,24?,25?,26?,28?,29?,30?,31?,32?,34?,35-,36+,37+/m0/s1. The van der Waals surface area contributed by atoms with Gasteiger partial charge < -0.3 is 58.9 Å². The molecule has 0 aromatic rings. The molecule has 14 nitrogen and oxygen atoms in total. The zero-order valence-corrected chi connectivity index (χ0v) is 32.9. The van der Waals surface area contributed by atoms with Gasteiger partial charge in [0.2, 0.25) is 0 Å². The second kappa shape index (κ2) is 17.0. The van der Waals surface area contributed by atoms with Gasteiger partial charge in [-0.3, -0.25) is 9.59 Å². The fraction of sp³-hybridized carbons (Fsp3) is 0.946. The van der Waals surface area contributed by atoms with Gasteiger partial charge in [0.25, 0.3) is 0 Å². The molecule has 298 valence electrons. The van der Waals surface area contributed by atoms with Gasteiger partial charge in [-0.05, 0) is 74.9 Å². The first-order valence-electron chi connectivity index (χ1n) is 18.5. The van der Waals surface area contributed by atoms with Crippen molar-refractivity contribution in [2.75, 3.05) is 21.2 Å². The molecule has 3 heterocycles. The molecule has 51 heavy (non-hydrogen) atoms. The molecule has 15 unspecified atom stereocenters. The van der Waals surface area contributed by atoms with Crippen molar-refractivity contribution >= 4 is 11.8 Å². The Morgan fingerprint density at radius 2 is 1.49 bits per heavy atom. The number of aliphatic hydroxyl groups excluding tert-OH is 3. The van der Waals surface area contributed by atoms with E-state index in [-0.39, 0.29) is 31.4 Å². The maximum atomic E-state index is 14.1. The average Bonchev–Trinajstić information content (AvgIpc) is 3.05. The van der Waals surface area contributed by atoms with E-state index in [0.717, 1.165) is 0 Å². The Morgan fingerprint density at radius 3 is 2.04 bits per heavy atom. The number of methoxy groups -OCH3 is 1. The zero-order valence-electron chi connectivity index (χ0n) is 32.9. The highest BCUT2D eigenvalue weighted by molar-refractivity contribution is 5.83. The molecule has 18 atom stereocenters. The maximum Gasteiger partial charge on any atom is 0.311 e. The molecule has 0 aliphatic carbocycles. The normalized spacial score (nSPS) is 49.7. The van der Waals surface area contributed by atoms with Crippen molar-refractivity contribution in [2.24, 2.45) is 23.7 Å². The summed E-state index contributed by atoms with van der Waals surface area (Å²) in [6.45, 7) is 16.3. The Morgan fingerprint density at radius 1 is 0.882 bits per heavy atom. The number of esters is 1. The van der Waals surface area contributed by atoms with Gasteiger partial charge in [-0.15, -0.1) is 0 Å². The van der Waals surface area contributed by atoms with Gasteiger partial charge in [0.15, 0.2) is 12.6 Å². The van der Waals surface area contributed by atoms with E-state index < -0.39 is 108 Å². The Hall–Kier alpha value is -1.30. The summed E-state index contributed by atoms with van der Waals surface area (Å²) in [5.41, 5.74) is -4.84. The number of cyclic esters (lactones) is 1. The lowest BCUT2D eigenvalue weighted by atomic mass is 9.74. The van der Waals surface area contributed by atoms with E-state index >= 15 is 0 Å². The molecule has 0 spiro atoms. The summed E-state index contributed by atoms with van der Waals surface area (Å²) in [7, 11) is 5.18. The van der Waals surface area contributed by atoms with Crippen LogP contribution >= 0.6 is 0 Å². The second-order valence-corrected chi connectivity index (χ2v) is 16.5. The predicted octanol–water partition coefficient (Wildman–Crippen LogP) is 1.79. The average molecular weight is 734 g/mol. The molecule has 0 bridgehead atoms. The number of hydrogen-bond acceptors (Lipinski definition) is 14. The number of ether oxygens (including phenoxy) is 6. The molecule has 3 fully saturated rings. The molecule has 3 aliphatic heterocycles. The number of carbonyl (C=O) groups is 2. The van der Waals surface area contributed by atoms with Gasteiger partial charge in [0.05, 0.1) is 47.6 Å². The van der Waals surface area contributed by atoms with Crippen LogP contribution in [-0.2, 0) is 38.0 Å². The third-order valence-electron chi connectivity index (χ3n) is 11.8. The summed E-state index contributed by atoms with van der Waals surface area (Å²) in [5.74, 6) is -4.98. The monoisotopic (exact) mass is 733 g/mol. The molecule has 14 heteroatoms. The first-order chi connectivity index (χ1) is 23.4. The number of carbonyl (C=O) groups excluding carboxylic acids is 2. The largest absolute Gasteiger partial charge is 0.459 e. The second-order valence-electron chi connectivity index (χ2n) is 16.5. The van der Waals surface area contributed by atoms with Crippen LogP contribution < -0.4 is 0 Å². The highest BCUT2D eigenvalue weighted by Crippen LogP contribution is 2.40. The molecule has 5 N–H and O–H groups in total.